The summed E-state index contributed by atoms with van der Waals surface area (Å²) < 4.78 is 4.79. The zero-order chi connectivity index (χ0) is 51.1. The van der Waals surface area contributed by atoms with Crippen molar-refractivity contribution in [2.24, 2.45) is 0 Å². The van der Waals surface area contributed by atoms with E-state index < -0.39 is 0 Å². The summed E-state index contributed by atoms with van der Waals surface area (Å²) in [6.07, 6.45) is 9.98. The first-order valence-electron chi connectivity index (χ1n) is 28.5. The van der Waals surface area contributed by atoms with Gasteiger partial charge in [0.2, 0.25) is 0 Å². The van der Waals surface area contributed by atoms with Crippen LogP contribution in [0.3, 0.4) is 0 Å². The topological polar surface area (TPSA) is 9.86 Å². The molecule has 2 nitrogen and oxygen atoms in total. The maximum Gasteiger partial charge on any atom is 0.0541 e. The first kappa shape index (κ1) is 44.2. The summed E-state index contributed by atoms with van der Waals surface area (Å²) in [6, 6.07) is 92.2. The van der Waals surface area contributed by atoms with E-state index >= 15 is 0 Å². The molecular weight excluding hydrogens is 941 g/mol. The van der Waals surface area contributed by atoms with Crippen LogP contribution in [-0.2, 0) is 10.8 Å². The minimum Gasteiger partial charge on any atom is -0.309 e. The van der Waals surface area contributed by atoms with Crippen LogP contribution in [0.15, 0.2) is 243 Å². The van der Waals surface area contributed by atoms with E-state index in [1.165, 1.54) is 173 Å². The highest BCUT2D eigenvalue weighted by Crippen LogP contribution is 2.63. The number of rotatable bonds is 6. The van der Waals surface area contributed by atoms with Crippen molar-refractivity contribution in [3.05, 3.63) is 265 Å². The van der Waals surface area contributed by atoms with Crippen molar-refractivity contribution >= 4 is 43.6 Å². The summed E-state index contributed by atoms with van der Waals surface area (Å²) in [5.41, 5.74) is 29.8. The molecule has 0 amide bonds. The maximum absolute atomic E-state index is 2.70. The van der Waals surface area contributed by atoms with Crippen LogP contribution in [-0.4, -0.2) is 9.13 Å². The standard InChI is InChI=1S/C76H56N2/c1-3-15-57(16-4-1)77-71-21-9-7-19-61(71)65-43-53(33-37-73(65)77)49-23-27-51(28-24-49)55-31-35-59-63-47-70-64(48-69(63)75(67(59)45-55)39-11-12-40-75)60-36-32-56(46-68(60)76(70)41-13-14-42-76)52-29-25-50(26-30-52)54-34-38-74-66(44-54)62-20-8-10-22-72(62)78(74)58-17-5-2-6-18-58/h1-10,15-38,43-48H,11-14,39-42H2. The quantitative estimate of drug-likeness (QED) is 0.157. The van der Waals surface area contributed by atoms with Crippen LogP contribution in [0.25, 0.3) is 122 Å². The molecule has 0 N–H and O–H groups in total. The van der Waals surface area contributed by atoms with Crippen LogP contribution in [0.5, 0.6) is 0 Å². The summed E-state index contributed by atoms with van der Waals surface area (Å²) in [5, 5.41) is 5.13. The van der Waals surface area contributed by atoms with E-state index in [1.54, 1.807) is 22.3 Å². The molecule has 4 aliphatic carbocycles. The second-order valence-electron chi connectivity index (χ2n) is 23.0. The van der Waals surface area contributed by atoms with Crippen molar-refractivity contribution in [2.75, 3.05) is 0 Å². The molecule has 0 unspecified atom stereocenters. The maximum atomic E-state index is 2.70. The highest BCUT2D eigenvalue weighted by atomic mass is 15.0. The Balaban J connectivity index is 0.691. The van der Waals surface area contributed by atoms with Gasteiger partial charge in [0.15, 0.2) is 0 Å². The van der Waals surface area contributed by atoms with Crippen LogP contribution in [0.4, 0.5) is 0 Å². The summed E-state index contributed by atoms with van der Waals surface area (Å²) in [7, 11) is 0. The first-order valence-corrected chi connectivity index (χ1v) is 28.5. The lowest BCUT2D eigenvalue weighted by Gasteiger charge is -2.29. The lowest BCUT2D eigenvalue weighted by atomic mass is 9.74. The predicted octanol–water partition coefficient (Wildman–Crippen LogP) is 20.2. The molecule has 0 atom stereocenters. The summed E-state index contributed by atoms with van der Waals surface area (Å²) >= 11 is 0. The minimum atomic E-state index is 0.0563. The molecule has 2 heterocycles. The van der Waals surface area contributed by atoms with E-state index in [0.717, 1.165) is 0 Å². The molecular formula is C76H56N2. The first-order chi connectivity index (χ1) is 38.6. The van der Waals surface area contributed by atoms with Gasteiger partial charge in [-0.2, -0.15) is 0 Å². The van der Waals surface area contributed by atoms with Gasteiger partial charge in [0, 0.05) is 43.7 Å². The Morgan fingerprint density at radius 2 is 0.538 bits per heavy atom. The SMILES string of the molecule is c1ccc(-n2c3ccccc3c3cc(-c4ccc(-c5ccc6c(c5)C5(CCCC5)c5cc7c(cc5-6)C5(CCCC5)c5cc(-c6ccc(-c8ccc9c(c8)c8ccccc8n9-c8ccccc8)cc6)ccc5-7)cc4)ccc32)cc1. The number of hydrogen-bond donors (Lipinski definition) is 0. The number of fused-ring (bicyclic) bond motifs is 16. The van der Waals surface area contributed by atoms with Gasteiger partial charge < -0.3 is 9.13 Å². The van der Waals surface area contributed by atoms with E-state index in [2.05, 4.69) is 252 Å². The highest BCUT2D eigenvalue weighted by Gasteiger charge is 2.50. The van der Waals surface area contributed by atoms with Gasteiger partial charge in [-0.3, -0.25) is 0 Å². The Morgan fingerprint density at radius 3 is 0.936 bits per heavy atom. The number of hydrogen-bond acceptors (Lipinski definition) is 0. The lowest BCUT2D eigenvalue weighted by molar-refractivity contribution is 0.544. The van der Waals surface area contributed by atoms with E-state index in [4.69, 9.17) is 0 Å². The Kier molecular flexibility index (Phi) is 9.49. The number of nitrogens with zero attached hydrogens (tertiary/aromatic N) is 2. The molecule has 4 aliphatic rings. The Bertz CT molecular complexity index is 4280. The van der Waals surface area contributed by atoms with E-state index in [1.807, 2.05) is 0 Å². The van der Waals surface area contributed by atoms with Crippen LogP contribution >= 0.6 is 0 Å². The fourth-order valence-electron chi connectivity index (χ4n) is 15.6. The normalized spacial score (nSPS) is 15.5. The van der Waals surface area contributed by atoms with Crippen LogP contribution in [0.1, 0.15) is 73.6 Å². The molecule has 2 fully saturated rings. The van der Waals surface area contributed by atoms with Gasteiger partial charge in [-0.15, -0.1) is 0 Å². The average molecular weight is 997 g/mol. The van der Waals surface area contributed by atoms with Crippen molar-refractivity contribution in [1.82, 2.24) is 9.13 Å². The third-order valence-electron chi connectivity index (χ3n) is 19.2. The second-order valence-corrected chi connectivity index (χ2v) is 23.0. The van der Waals surface area contributed by atoms with Crippen molar-refractivity contribution in [1.29, 1.82) is 0 Å². The highest BCUT2D eigenvalue weighted by molar-refractivity contribution is 6.12. The molecule has 2 spiro atoms. The van der Waals surface area contributed by atoms with Crippen molar-refractivity contribution in [3.63, 3.8) is 0 Å². The van der Waals surface area contributed by atoms with Crippen molar-refractivity contribution in [2.45, 2.75) is 62.2 Å². The van der Waals surface area contributed by atoms with E-state index in [9.17, 15) is 0 Å². The molecule has 0 radical (unpaired) electrons. The van der Waals surface area contributed by atoms with Crippen molar-refractivity contribution < 1.29 is 0 Å². The molecule has 2 saturated carbocycles. The fraction of sp³-hybridized carbons (Fsp3) is 0.132. The van der Waals surface area contributed by atoms with Crippen LogP contribution < -0.4 is 0 Å². The fourth-order valence-corrected chi connectivity index (χ4v) is 15.6. The van der Waals surface area contributed by atoms with Crippen LogP contribution in [0, 0.1) is 0 Å². The summed E-state index contributed by atoms with van der Waals surface area (Å²) in [6.45, 7) is 0. The third-order valence-corrected chi connectivity index (χ3v) is 19.2. The zero-order valence-corrected chi connectivity index (χ0v) is 43.6. The van der Waals surface area contributed by atoms with Gasteiger partial charge in [0.25, 0.3) is 0 Å². The lowest BCUT2D eigenvalue weighted by Crippen LogP contribution is -2.22. The molecule has 0 bridgehead atoms. The third kappa shape index (κ3) is 6.32. The summed E-state index contributed by atoms with van der Waals surface area (Å²) in [5.74, 6) is 0. The zero-order valence-electron chi connectivity index (χ0n) is 43.6. The van der Waals surface area contributed by atoms with Crippen LogP contribution in [0.2, 0.25) is 0 Å². The number of aromatic nitrogens is 2. The van der Waals surface area contributed by atoms with Gasteiger partial charge in [-0.25, -0.2) is 0 Å². The van der Waals surface area contributed by atoms with Gasteiger partial charge in [-0.1, -0.05) is 183 Å². The molecule has 0 saturated heterocycles. The number of benzene rings is 11. The van der Waals surface area contributed by atoms with Crippen molar-refractivity contribution in [3.8, 4) is 78.1 Å². The molecule has 0 aliphatic heterocycles. The molecule has 13 aromatic rings. The van der Waals surface area contributed by atoms with Gasteiger partial charge in [-0.05, 0) is 200 Å². The van der Waals surface area contributed by atoms with E-state index in [0.29, 0.717) is 0 Å². The predicted molar refractivity (Wildman–Crippen MR) is 326 cm³/mol. The van der Waals surface area contributed by atoms with E-state index in [-0.39, 0.29) is 10.8 Å². The average Bonchev–Trinajstić information content (AvgIpc) is 4.11. The summed E-state index contributed by atoms with van der Waals surface area (Å²) in [4.78, 5) is 0. The second kappa shape index (κ2) is 16.8. The Hall–Kier alpha value is -8.98. The van der Waals surface area contributed by atoms with Gasteiger partial charge in [0.05, 0.1) is 22.1 Å². The molecule has 2 aromatic heterocycles. The van der Waals surface area contributed by atoms with Gasteiger partial charge >= 0.3 is 0 Å². The Morgan fingerprint density at radius 1 is 0.231 bits per heavy atom. The molecule has 2 heteroatoms. The smallest absolute Gasteiger partial charge is 0.0541 e. The molecule has 78 heavy (non-hydrogen) atoms. The number of para-hydroxylation sites is 4. The Labute approximate surface area is 455 Å². The monoisotopic (exact) mass is 996 g/mol. The molecule has 17 rings (SSSR count). The molecule has 370 valence electrons. The largest absolute Gasteiger partial charge is 0.309 e. The minimum absolute atomic E-state index is 0.0563. The van der Waals surface area contributed by atoms with Gasteiger partial charge in [0.1, 0.15) is 0 Å². The molecule has 11 aromatic carbocycles.